The SMILES string of the molecule is Cc1ncc(Cl)c(C(=O)N(C)CC(=O)O)n1. The van der Waals surface area contributed by atoms with Crippen molar-refractivity contribution in [3.05, 3.63) is 22.7 Å². The molecule has 7 heteroatoms. The van der Waals surface area contributed by atoms with Crippen LogP contribution in [0.25, 0.3) is 0 Å². The molecule has 0 atom stereocenters. The number of likely N-dealkylation sites (N-methyl/N-ethyl adjacent to an activating group) is 1. The number of hydrogen-bond acceptors (Lipinski definition) is 4. The highest BCUT2D eigenvalue weighted by Crippen LogP contribution is 2.13. The highest BCUT2D eigenvalue weighted by Gasteiger charge is 2.19. The maximum atomic E-state index is 11.7. The van der Waals surface area contributed by atoms with E-state index in [0.717, 1.165) is 4.90 Å². The summed E-state index contributed by atoms with van der Waals surface area (Å²) in [6.45, 7) is 1.21. The van der Waals surface area contributed by atoms with Crippen LogP contribution in [0, 0.1) is 6.92 Å². The number of carbonyl (C=O) groups is 2. The normalized spacial score (nSPS) is 9.94. The Morgan fingerprint density at radius 2 is 2.19 bits per heavy atom. The molecular weight excluding hydrogens is 234 g/mol. The molecule has 0 aliphatic rings. The second kappa shape index (κ2) is 4.89. The first kappa shape index (κ1) is 12.4. The van der Waals surface area contributed by atoms with E-state index in [2.05, 4.69) is 9.97 Å². The zero-order chi connectivity index (χ0) is 12.3. The maximum Gasteiger partial charge on any atom is 0.323 e. The molecule has 0 radical (unpaired) electrons. The molecule has 0 bridgehead atoms. The van der Waals surface area contributed by atoms with Crippen molar-refractivity contribution in [1.29, 1.82) is 0 Å². The molecule has 0 aliphatic carbocycles. The average molecular weight is 244 g/mol. The van der Waals surface area contributed by atoms with Gasteiger partial charge in [-0.1, -0.05) is 11.6 Å². The molecule has 0 saturated carbocycles. The lowest BCUT2D eigenvalue weighted by Crippen LogP contribution is -2.32. The Morgan fingerprint density at radius 1 is 1.56 bits per heavy atom. The molecule has 1 aromatic heterocycles. The highest BCUT2D eigenvalue weighted by molar-refractivity contribution is 6.33. The Kier molecular flexibility index (Phi) is 3.78. The van der Waals surface area contributed by atoms with Crippen molar-refractivity contribution in [2.45, 2.75) is 6.92 Å². The average Bonchev–Trinajstić information content (AvgIpc) is 2.19. The van der Waals surface area contributed by atoms with Crippen LogP contribution in [0.5, 0.6) is 0 Å². The van der Waals surface area contributed by atoms with Crippen molar-refractivity contribution in [2.24, 2.45) is 0 Å². The van der Waals surface area contributed by atoms with Gasteiger partial charge in [-0.15, -0.1) is 0 Å². The Hall–Kier alpha value is -1.69. The van der Waals surface area contributed by atoms with E-state index in [1.54, 1.807) is 6.92 Å². The number of aliphatic carboxylic acids is 1. The molecule has 1 aromatic rings. The van der Waals surface area contributed by atoms with Gasteiger partial charge < -0.3 is 10.0 Å². The minimum absolute atomic E-state index is 0.0120. The van der Waals surface area contributed by atoms with Crippen LogP contribution in [0.2, 0.25) is 5.02 Å². The smallest absolute Gasteiger partial charge is 0.323 e. The molecule has 1 rings (SSSR count). The third-order valence-electron chi connectivity index (χ3n) is 1.79. The van der Waals surface area contributed by atoms with Crippen LogP contribution in [-0.4, -0.2) is 45.4 Å². The number of amides is 1. The van der Waals surface area contributed by atoms with Gasteiger partial charge in [0.25, 0.3) is 5.91 Å². The number of carboxylic acids is 1. The van der Waals surface area contributed by atoms with Crippen molar-refractivity contribution in [2.75, 3.05) is 13.6 Å². The molecule has 0 unspecified atom stereocenters. The number of nitrogens with zero attached hydrogens (tertiary/aromatic N) is 3. The predicted molar refractivity (Wildman–Crippen MR) is 56.4 cm³/mol. The van der Waals surface area contributed by atoms with Crippen molar-refractivity contribution in [1.82, 2.24) is 14.9 Å². The fourth-order valence-electron chi connectivity index (χ4n) is 1.06. The van der Waals surface area contributed by atoms with Gasteiger partial charge >= 0.3 is 5.97 Å². The molecule has 86 valence electrons. The van der Waals surface area contributed by atoms with Crippen LogP contribution in [0.3, 0.4) is 0 Å². The summed E-state index contributed by atoms with van der Waals surface area (Å²) in [7, 11) is 1.37. The molecule has 6 nitrogen and oxygen atoms in total. The van der Waals surface area contributed by atoms with E-state index in [0.29, 0.717) is 5.82 Å². The van der Waals surface area contributed by atoms with Crippen molar-refractivity contribution in [3.8, 4) is 0 Å². The van der Waals surface area contributed by atoms with Crippen LogP contribution in [-0.2, 0) is 4.79 Å². The van der Waals surface area contributed by atoms with Gasteiger partial charge in [0.15, 0.2) is 5.69 Å². The number of carbonyl (C=O) groups excluding carboxylic acids is 1. The quantitative estimate of drug-likeness (QED) is 0.840. The van der Waals surface area contributed by atoms with E-state index in [9.17, 15) is 9.59 Å². The molecule has 0 spiro atoms. The Morgan fingerprint density at radius 3 is 2.75 bits per heavy atom. The second-order valence-electron chi connectivity index (χ2n) is 3.17. The van der Waals surface area contributed by atoms with Crippen LogP contribution in [0.1, 0.15) is 16.3 Å². The van der Waals surface area contributed by atoms with Gasteiger partial charge in [-0.3, -0.25) is 9.59 Å². The molecule has 16 heavy (non-hydrogen) atoms. The third-order valence-corrected chi connectivity index (χ3v) is 2.06. The van der Waals surface area contributed by atoms with Gasteiger partial charge in [0, 0.05) is 7.05 Å². The fourth-order valence-corrected chi connectivity index (χ4v) is 1.23. The first-order chi connectivity index (χ1) is 7.41. The minimum Gasteiger partial charge on any atom is -0.480 e. The zero-order valence-corrected chi connectivity index (χ0v) is 9.52. The Labute approximate surface area is 96.9 Å². The minimum atomic E-state index is -1.10. The molecule has 1 amide bonds. The number of aryl methyl sites for hydroxylation is 1. The number of aromatic nitrogens is 2. The number of carboxylic acid groups (broad SMARTS) is 1. The molecule has 0 aromatic carbocycles. The van der Waals surface area contributed by atoms with Crippen LogP contribution < -0.4 is 0 Å². The summed E-state index contributed by atoms with van der Waals surface area (Å²) in [6, 6.07) is 0. The van der Waals surface area contributed by atoms with E-state index < -0.39 is 18.4 Å². The predicted octanol–water partition coefficient (Wildman–Crippen LogP) is 0.595. The van der Waals surface area contributed by atoms with Gasteiger partial charge in [-0.05, 0) is 6.92 Å². The lowest BCUT2D eigenvalue weighted by atomic mass is 10.3. The summed E-state index contributed by atoms with van der Waals surface area (Å²) in [5.41, 5.74) is 0.0120. The van der Waals surface area contributed by atoms with Crippen LogP contribution in [0.4, 0.5) is 0 Å². The summed E-state index contributed by atoms with van der Waals surface area (Å²) in [6.07, 6.45) is 1.31. The summed E-state index contributed by atoms with van der Waals surface area (Å²) in [5, 5.41) is 8.65. The van der Waals surface area contributed by atoms with Crippen molar-refractivity contribution < 1.29 is 14.7 Å². The first-order valence-corrected chi connectivity index (χ1v) is 4.76. The number of halogens is 1. The van der Waals surface area contributed by atoms with Gasteiger partial charge in [-0.2, -0.15) is 0 Å². The van der Waals surface area contributed by atoms with E-state index in [1.807, 2.05) is 0 Å². The number of rotatable bonds is 3. The Balaban J connectivity index is 2.95. The first-order valence-electron chi connectivity index (χ1n) is 4.38. The fraction of sp³-hybridized carbons (Fsp3) is 0.333. The van der Waals surface area contributed by atoms with Crippen molar-refractivity contribution >= 4 is 23.5 Å². The molecule has 0 saturated heterocycles. The molecular formula is C9H10ClN3O3. The standard InChI is InChI=1S/C9H10ClN3O3/c1-5-11-3-6(10)8(12-5)9(16)13(2)4-7(14)15/h3H,4H2,1-2H3,(H,14,15). The van der Waals surface area contributed by atoms with Crippen LogP contribution >= 0.6 is 11.6 Å². The number of hydrogen-bond donors (Lipinski definition) is 1. The van der Waals surface area contributed by atoms with E-state index >= 15 is 0 Å². The second-order valence-corrected chi connectivity index (χ2v) is 3.58. The van der Waals surface area contributed by atoms with Crippen LogP contribution in [0.15, 0.2) is 6.20 Å². The molecule has 0 aliphatic heterocycles. The molecule has 0 fully saturated rings. The molecule has 1 heterocycles. The maximum absolute atomic E-state index is 11.7. The van der Waals surface area contributed by atoms with Gasteiger partial charge in [0.05, 0.1) is 11.2 Å². The summed E-state index contributed by atoms with van der Waals surface area (Å²) >= 11 is 5.75. The summed E-state index contributed by atoms with van der Waals surface area (Å²) in [5.74, 6) is -1.24. The zero-order valence-electron chi connectivity index (χ0n) is 8.77. The van der Waals surface area contributed by atoms with E-state index in [-0.39, 0.29) is 10.7 Å². The highest BCUT2D eigenvalue weighted by atomic mass is 35.5. The largest absolute Gasteiger partial charge is 0.480 e. The Bertz CT molecular complexity index is 436. The topological polar surface area (TPSA) is 83.4 Å². The lowest BCUT2D eigenvalue weighted by Gasteiger charge is -2.14. The van der Waals surface area contributed by atoms with Gasteiger partial charge in [0.2, 0.25) is 0 Å². The van der Waals surface area contributed by atoms with Gasteiger partial charge in [-0.25, -0.2) is 9.97 Å². The monoisotopic (exact) mass is 243 g/mol. The van der Waals surface area contributed by atoms with E-state index in [1.165, 1.54) is 13.2 Å². The molecule has 1 N–H and O–H groups in total. The summed E-state index contributed by atoms with van der Waals surface area (Å²) < 4.78 is 0. The van der Waals surface area contributed by atoms with E-state index in [4.69, 9.17) is 16.7 Å². The third kappa shape index (κ3) is 2.90. The summed E-state index contributed by atoms with van der Waals surface area (Å²) in [4.78, 5) is 30.9. The van der Waals surface area contributed by atoms with Crippen molar-refractivity contribution in [3.63, 3.8) is 0 Å². The van der Waals surface area contributed by atoms with Gasteiger partial charge in [0.1, 0.15) is 12.4 Å². The lowest BCUT2D eigenvalue weighted by molar-refractivity contribution is -0.137.